The Balaban J connectivity index is 4.19. The average molecular weight is 1080 g/mol. The Kier molecular flexibility index (Phi) is 62.7. The molecule has 0 fully saturated rings. The van der Waals surface area contributed by atoms with E-state index >= 15 is 0 Å². The Morgan fingerprint density at radius 2 is 0.545 bits per heavy atom. The van der Waals surface area contributed by atoms with E-state index in [2.05, 4.69) is 81.5 Å². The van der Waals surface area contributed by atoms with Crippen LogP contribution in [0.3, 0.4) is 0 Å². The van der Waals surface area contributed by atoms with E-state index in [1.165, 1.54) is 231 Å². The van der Waals surface area contributed by atoms with Gasteiger partial charge in [-0.15, -0.1) is 0 Å². The SMILES string of the molecule is CC/C=C\C/C=C\C/C=C\C/C=C\C/C=C\CC(=O)OC(COC(=O)CCCCCCCCCCCCCCC)COC(=O)CCCCCCCCCCCCCCCCCCCCC/C=C\CCCCCCCCCC. The second kappa shape index (κ2) is 65.4. The molecule has 0 saturated heterocycles. The van der Waals surface area contributed by atoms with E-state index in [-0.39, 0.29) is 31.6 Å². The molecule has 1 unspecified atom stereocenters. The van der Waals surface area contributed by atoms with Gasteiger partial charge in [0.2, 0.25) is 0 Å². The Morgan fingerprint density at radius 3 is 0.844 bits per heavy atom. The lowest BCUT2D eigenvalue weighted by Crippen LogP contribution is -2.30. The third kappa shape index (κ3) is 63.6. The second-order valence-corrected chi connectivity index (χ2v) is 22.4. The molecule has 0 N–H and O–H groups in total. The van der Waals surface area contributed by atoms with Crippen LogP contribution in [-0.2, 0) is 28.6 Å². The van der Waals surface area contributed by atoms with Crippen LogP contribution in [0.2, 0.25) is 0 Å². The fourth-order valence-electron chi connectivity index (χ4n) is 9.75. The van der Waals surface area contributed by atoms with Crippen molar-refractivity contribution in [1.29, 1.82) is 0 Å². The lowest BCUT2D eigenvalue weighted by Gasteiger charge is -2.18. The molecule has 0 aromatic carbocycles. The average Bonchev–Trinajstić information content (AvgIpc) is 3.43. The second-order valence-electron chi connectivity index (χ2n) is 22.4. The van der Waals surface area contributed by atoms with E-state index < -0.39 is 12.1 Å². The van der Waals surface area contributed by atoms with E-state index in [1.54, 1.807) is 6.08 Å². The van der Waals surface area contributed by atoms with E-state index in [9.17, 15) is 14.4 Å². The summed E-state index contributed by atoms with van der Waals surface area (Å²) in [6.45, 7) is 6.48. The number of hydrogen-bond donors (Lipinski definition) is 0. The van der Waals surface area contributed by atoms with Gasteiger partial charge < -0.3 is 14.2 Å². The molecular weight excluding hydrogens is 949 g/mol. The standard InChI is InChI=1S/C71H126O6/c1-4-7-10-13-16-19-22-25-27-28-29-30-31-32-33-34-35-36-37-38-39-40-41-42-44-46-49-52-55-58-61-64-70(73)76-67-68(66-75-69(72)63-60-57-54-51-48-45-24-21-18-15-12-9-6-3)77-71(74)65-62-59-56-53-50-47-43-26-23-20-17-14-11-8-5-2/h8,11,17,20,26,28-29,43,50,53,59,62,68H,4-7,9-10,12-16,18-19,21-25,27,30-42,44-49,51-52,54-58,60-61,63-67H2,1-3H3/b11-8-,20-17-,29-28-,43-26-,53-50-,62-59-. The topological polar surface area (TPSA) is 78.9 Å². The van der Waals surface area contributed by atoms with E-state index in [0.717, 1.165) is 70.6 Å². The highest BCUT2D eigenvalue weighted by Crippen LogP contribution is 2.18. The van der Waals surface area contributed by atoms with Gasteiger partial charge in [-0.2, -0.15) is 0 Å². The molecule has 0 aliphatic carbocycles. The quantitative estimate of drug-likeness (QED) is 0.0261. The van der Waals surface area contributed by atoms with Gasteiger partial charge in [-0.05, 0) is 70.6 Å². The number of hydrogen-bond acceptors (Lipinski definition) is 6. The minimum Gasteiger partial charge on any atom is -0.462 e. The number of ether oxygens (including phenoxy) is 3. The maximum atomic E-state index is 12.8. The first kappa shape index (κ1) is 73.8. The van der Waals surface area contributed by atoms with Gasteiger partial charge in [0.1, 0.15) is 13.2 Å². The van der Waals surface area contributed by atoms with Crippen LogP contribution in [0.25, 0.3) is 0 Å². The molecule has 0 amide bonds. The zero-order valence-electron chi connectivity index (χ0n) is 51.2. The highest BCUT2D eigenvalue weighted by atomic mass is 16.6. The molecule has 446 valence electrons. The highest BCUT2D eigenvalue weighted by Gasteiger charge is 2.19. The Morgan fingerprint density at radius 1 is 0.286 bits per heavy atom. The largest absolute Gasteiger partial charge is 0.462 e. The summed E-state index contributed by atoms with van der Waals surface area (Å²) >= 11 is 0. The summed E-state index contributed by atoms with van der Waals surface area (Å²) in [5, 5.41) is 0. The zero-order valence-corrected chi connectivity index (χ0v) is 51.2. The molecule has 0 bridgehead atoms. The van der Waals surface area contributed by atoms with Gasteiger partial charge in [0.05, 0.1) is 6.42 Å². The molecule has 0 aromatic rings. The van der Waals surface area contributed by atoms with Crippen molar-refractivity contribution in [3.63, 3.8) is 0 Å². The predicted octanol–water partition coefficient (Wildman–Crippen LogP) is 22.9. The first-order chi connectivity index (χ1) is 38.0. The minimum absolute atomic E-state index is 0.101. The summed E-state index contributed by atoms with van der Waals surface area (Å²) in [6.07, 6.45) is 85.4. The van der Waals surface area contributed by atoms with Crippen molar-refractivity contribution in [2.24, 2.45) is 0 Å². The number of unbranched alkanes of at least 4 members (excludes halogenated alkanes) is 39. The molecule has 0 saturated carbocycles. The first-order valence-electron chi connectivity index (χ1n) is 33.4. The van der Waals surface area contributed by atoms with Gasteiger partial charge in [0.25, 0.3) is 0 Å². The normalized spacial score (nSPS) is 12.5. The third-order valence-corrected chi connectivity index (χ3v) is 14.7. The molecular formula is C71H126O6. The Bertz CT molecular complexity index is 1420. The fraction of sp³-hybridized carbons (Fsp3) is 0.789. The number of carbonyl (C=O) groups is 3. The molecule has 0 aromatic heterocycles. The number of esters is 3. The van der Waals surface area contributed by atoms with Crippen molar-refractivity contribution in [2.75, 3.05) is 13.2 Å². The van der Waals surface area contributed by atoms with Crippen LogP contribution in [0.4, 0.5) is 0 Å². The van der Waals surface area contributed by atoms with Crippen molar-refractivity contribution in [3.8, 4) is 0 Å². The lowest BCUT2D eigenvalue weighted by atomic mass is 10.0. The molecule has 0 heterocycles. The molecule has 0 rings (SSSR count). The van der Waals surface area contributed by atoms with Crippen LogP contribution < -0.4 is 0 Å². The summed E-state index contributed by atoms with van der Waals surface area (Å²) in [4.78, 5) is 38.2. The van der Waals surface area contributed by atoms with Gasteiger partial charge in [-0.1, -0.05) is 325 Å². The third-order valence-electron chi connectivity index (χ3n) is 14.7. The molecule has 0 aliphatic heterocycles. The van der Waals surface area contributed by atoms with Crippen LogP contribution in [0.15, 0.2) is 72.9 Å². The number of rotatable bonds is 61. The maximum Gasteiger partial charge on any atom is 0.310 e. The smallest absolute Gasteiger partial charge is 0.310 e. The molecule has 1 atom stereocenters. The monoisotopic (exact) mass is 1070 g/mol. The van der Waals surface area contributed by atoms with Gasteiger partial charge in [-0.3, -0.25) is 14.4 Å². The van der Waals surface area contributed by atoms with Crippen LogP contribution in [0.5, 0.6) is 0 Å². The fourth-order valence-corrected chi connectivity index (χ4v) is 9.75. The molecule has 77 heavy (non-hydrogen) atoms. The molecule has 0 radical (unpaired) electrons. The van der Waals surface area contributed by atoms with Crippen molar-refractivity contribution in [3.05, 3.63) is 72.9 Å². The van der Waals surface area contributed by atoms with E-state index in [1.807, 2.05) is 6.08 Å². The van der Waals surface area contributed by atoms with Crippen LogP contribution in [0.1, 0.15) is 342 Å². The van der Waals surface area contributed by atoms with Gasteiger partial charge in [0, 0.05) is 12.8 Å². The van der Waals surface area contributed by atoms with Crippen LogP contribution in [-0.4, -0.2) is 37.2 Å². The Labute approximate surface area is 478 Å². The van der Waals surface area contributed by atoms with Crippen molar-refractivity contribution < 1.29 is 28.6 Å². The summed E-state index contributed by atoms with van der Waals surface area (Å²) in [5.41, 5.74) is 0. The van der Waals surface area contributed by atoms with Crippen molar-refractivity contribution in [1.82, 2.24) is 0 Å². The summed E-state index contributed by atoms with van der Waals surface area (Å²) in [7, 11) is 0. The molecule has 6 heteroatoms. The molecule has 0 spiro atoms. The van der Waals surface area contributed by atoms with Gasteiger partial charge in [-0.25, -0.2) is 0 Å². The minimum atomic E-state index is -0.827. The molecule has 6 nitrogen and oxygen atoms in total. The van der Waals surface area contributed by atoms with Crippen LogP contribution in [0, 0.1) is 0 Å². The summed E-state index contributed by atoms with van der Waals surface area (Å²) in [5.74, 6) is -1.02. The highest BCUT2D eigenvalue weighted by molar-refractivity contribution is 5.72. The van der Waals surface area contributed by atoms with Crippen LogP contribution >= 0.6 is 0 Å². The maximum absolute atomic E-state index is 12.8. The van der Waals surface area contributed by atoms with Gasteiger partial charge in [0.15, 0.2) is 6.10 Å². The molecule has 0 aliphatic rings. The zero-order chi connectivity index (χ0) is 55.7. The number of allylic oxidation sites excluding steroid dienone is 11. The summed E-state index contributed by atoms with van der Waals surface area (Å²) < 4.78 is 16.8. The van der Waals surface area contributed by atoms with Gasteiger partial charge >= 0.3 is 17.9 Å². The van der Waals surface area contributed by atoms with Crippen molar-refractivity contribution in [2.45, 2.75) is 348 Å². The predicted molar refractivity (Wildman–Crippen MR) is 335 cm³/mol. The lowest BCUT2D eigenvalue weighted by molar-refractivity contribution is -0.166. The van der Waals surface area contributed by atoms with E-state index in [0.29, 0.717) is 12.8 Å². The Hall–Kier alpha value is -3.15. The first-order valence-corrected chi connectivity index (χ1v) is 33.4. The van der Waals surface area contributed by atoms with Crippen molar-refractivity contribution >= 4 is 17.9 Å². The summed E-state index contributed by atoms with van der Waals surface area (Å²) in [6, 6.07) is 0. The number of carbonyl (C=O) groups excluding carboxylic acids is 3. The van der Waals surface area contributed by atoms with E-state index in [4.69, 9.17) is 14.2 Å².